The van der Waals surface area contributed by atoms with Gasteiger partial charge in [0.2, 0.25) is 5.91 Å². The molecule has 1 N–H and O–H groups in total. The Labute approximate surface area is 126 Å². The second kappa shape index (κ2) is 7.27. The first kappa shape index (κ1) is 15.6. The van der Waals surface area contributed by atoms with Crippen molar-refractivity contribution in [1.29, 1.82) is 0 Å². The number of nitrogens with zero attached hydrogens (tertiary/aromatic N) is 1. The number of fused-ring (bicyclic) bond motifs is 1. The minimum Gasteiger partial charge on any atom is -0.459 e. The molecule has 1 atom stereocenters. The second-order valence-electron chi connectivity index (χ2n) is 5.18. The van der Waals surface area contributed by atoms with Crippen LogP contribution in [0.4, 0.5) is 0 Å². The molecule has 0 bridgehead atoms. The summed E-state index contributed by atoms with van der Waals surface area (Å²) in [5.74, 6) is 1.11. The molecule has 0 saturated carbocycles. The molecule has 1 heterocycles. The van der Waals surface area contributed by atoms with Crippen molar-refractivity contribution < 1.29 is 9.21 Å². The second-order valence-corrected chi connectivity index (χ2v) is 5.18. The van der Waals surface area contributed by atoms with Gasteiger partial charge in [-0.15, -0.1) is 0 Å². The highest BCUT2D eigenvalue weighted by molar-refractivity contribution is 5.78. The van der Waals surface area contributed by atoms with Gasteiger partial charge in [-0.05, 0) is 32.9 Å². The molecule has 1 aromatic carbocycles. The van der Waals surface area contributed by atoms with E-state index in [2.05, 4.69) is 18.3 Å². The van der Waals surface area contributed by atoms with Gasteiger partial charge in [-0.25, -0.2) is 0 Å². The normalized spacial score (nSPS) is 12.5. The molecular formula is C17H24N2O2. The summed E-state index contributed by atoms with van der Waals surface area (Å²) in [7, 11) is 0. The average Bonchev–Trinajstić information content (AvgIpc) is 2.92. The third-order valence-corrected chi connectivity index (χ3v) is 3.78. The molecule has 1 amide bonds. The first-order chi connectivity index (χ1) is 10.2. The van der Waals surface area contributed by atoms with Gasteiger partial charge in [-0.1, -0.05) is 18.2 Å². The molecule has 0 spiro atoms. The number of para-hydroxylation sites is 1. The lowest BCUT2D eigenvalue weighted by atomic mass is 10.2. The van der Waals surface area contributed by atoms with Crippen LogP contribution in [0.1, 0.15) is 39.0 Å². The molecule has 2 aromatic rings. The fourth-order valence-corrected chi connectivity index (χ4v) is 2.45. The van der Waals surface area contributed by atoms with Crippen LogP contribution in [0.2, 0.25) is 0 Å². The van der Waals surface area contributed by atoms with E-state index >= 15 is 0 Å². The van der Waals surface area contributed by atoms with Gasteiger partial charge in [0.15, 0.2) is 0 Å². The molecule has 2 rings (SSSR count). The maximum Gasteiger partial charge on any atom is 0.223 e. The Bertz CT molecular complexity index is 554. The Morgan fingerprint density at radius 3 is 2.67 bits per heavy atom. The summed E-state index contributed by atoms with van der Waals surface area (Å²) < 4.78 is 5.82. The van der Waals surface area contributed by atoms with Crippen molar-refractivity contribution in [3.05, 3.63) is 36.1 Å². The van der Waals surface area contributed by atoms with Crippen molar-refractivity contribution in [3.8, 4) is 0 Å². The van der Waals surface area contributed by atoms with Gasteiger partial charge in [0.05, 0.1) is 6.04 Å². The number of benzene rings is 1. The van der Waals surface area contributed by atoms with Crippen molar-refractivity contribution in [2.24, 2.45) is 0 Å². The van der Waals surface area contributed by atoms with Gasteiger partial charge in [0.25, 0.3) is 0 Å². The monoisotopic (exact) mass is 288 g/mol. The first-order valence-electron chi connectivity index (χ1n) is 7.65. The molecule has 0 saturated heterocycles. The molecule has 0 aliphatic rings. The van der Waals surface area contributed by atoms with Crippen LogP contribution in [0.25, 0.3) is 11.0 Å². The topological polar surface area (TPSA) is 45.5 Å². The number of amides is 1. The van der Waals surface area contributed by atoms with Gasteiger partial charge in [-0.2, -0.15) is 0 Å². The average molecular weight is 288 g/mol. The quantitative estimate of drug-likeness (QED) is 0.850. The summed E-state index contributed by atoms with van der Waals surface area (Å²) in [4.78, 5) is 13.8. The van der Waals surface area contributed by atoms with E-state index in [1.165, 1.54) is 0 Å². The van der Waals surface area contributed by atoms with E-state index in [-0.39, 0.29) is 11.9 Å². The number of furan rings is 1. The molecule has 0 fully saturated rings. The van der Waals surface area contributed by atoms with Gasteiger partial charge < -0.3 is 14.6 Å². The Balaban J connectivity index is 1.87. The van der Waals surface area contributed by atoms with Gasteiger partial charge in [0.1, 0.15) is 11.3 Å². The lowest BCUT2D eigenvalue weighted by Crippen LogP contribution is -2.33. The van der Waals surface area contributed by atoms with Crippen LogP contribution in [0.15, 0.2) is 34.7 Å². The zero-order valence-electron chi connectivity index (χ0n) is 13.1. The van der Waals surface area contributed by atoms with Gasteiger partial charge >= 0.3 is 0 Å². The van der Waals surface area contributed by atoms with E-state index in [9.17, 15) is 4.79 Å². The molecule has 0 aliphatic heterocycles. The van der Waals surface area contributed by atoms with Crippen LogP contribution in [0.5, 0.6) is 0 Å². The van der Waals surface area contributed by atoms with E-state index in [0.29, 0.717) is 13.0 Å². The lowest BCUT2D eigenvalue weighted by Gasteiger charge is -2.19. The standard InChI is InChI=1S/C17H24N2O2/c1-4-19(5-2)17(20)10-11-18-13(3)16-12-14-8-6-7-9-15(14)21-16/h6-9,12-13,18H,4-5,10-11H2,1-3H3. The number of carbonyl (C=O) groups excluding carboxylic acids is 1. The Hall–Kier alpha value is -1.81. The summed E-state index contributed by atoms with van der Waals surface area (Å²) >= 11 is 0. The predicted molar refractivity (Wildman–Crippen MR) is 85.2 cm³/mol. The number of hydrogen-bond acceptors (Lipinski definition) is 3. The number of hydrogen-bond donors (Lipinski definition) is 1. The van der Waals surface area contributed by atoms with Crippen LogP contribution < -0.4 is 5.32 Å². The summed E-state index contributed by atoms with van der Waals surface area (Å²) in [6, 6.07) is 10.1. The van der Waals surface area contributed by atoms with Crippen molar-refractivity contribution >= 4 is 16.9 Å². The minimum absolute atomic E-state index is 0.0990. The Morgan fingerprint density at radius 2 is 2.00 bits per heavy atom. The van der Waals surface area contributed by atoms with Crippen LogP contribution in [-0.2, 0) is 4.79 Å². The maximum atomic E-state index is 11.9. The van der Waals surface area contributed by atoms with Crippen molar-refractivity contribution in [2.75, 3.05) is 19.6 Å². The molecule has 114 valence electrons. The highest BCUT2D eigenvalue weighted by atomic mass is 16.3. The van der Waals surface area contributed by atoms with Crippen LogP contribution in [0, 0.1) is 0 Å². The Kier molecular flexibility index (Phi) is 5.39. The summed E-state index contributed by atoms with van der Waals surface area (Å²) in [6.45, 7) is 8.27. The molecule has 21 heavy (non-hydrogen) atoms. The highest BCUT2D eigenvalue weighted by Crippen LogP contribution is 2.23. The zero-order valence-corrected chi connectivity index (χ0v) is 13.1. The van der Waals surface area contributed by atoms with Crippen molar-refractivity contribution in [3.63, 3.8) is 0 Å². The van der Waals surface area contributed by atoms with Crippen molar-refractivity contribution in [2.45, 2.75) is 33.2 Å². The third-order valence-electron chi connectivity index (χ3n) is 3.78. The van der Waals surface area contributed by atoms with E-state index in [1.807, 2.05) is 43.0 Å². The van der Waals surface area contributed by atoms with Gasteiger partial charge in [0, 0.05) is 31.4 Å². The summed E-state index contributed by atoms with van der Waals surface area (Å²) in [5.41, 5.74) is 0.903. The van der Waals surface area contributed by atoms with E-state index < -0.39 is 0 Å². The van der Waals surface area contributed by atoms with Crippen LogP contribution in [0.3, 0.4) is 0 Å². The summed E-state index contributed by atoms with van der Waals surface area (Å²) in [5, 5.41) is 4.46. The third kappa shape index (κ3) is 3.85. The zero-order chi connectivity index (χ0) is 15.2. The van der Waals surface area contributed by atoms with E-state index in [1.54, 1.807) is 0 Å². The molecular weight excluding hydrogens is 264 g/mol. The SMILES string of the molecule is CCN(CC)C(=O)CCNC(C)c1cc2ccccc2o1. The smallest absolute Gasteiger partial charge is 0.223 e. The largest absolute Gasteiger partial charge is 0.459 e. The molecule has 4 nitrogen and oxygen atoms in total. The van der Waals surface area contributed by atoms with Crippen LogP contribution >= 0.6 is 0 Å². The van der Waals surface area contributed by atoms with Gasteiger partial charge in [-0.3, -0.25) is 4.79 Å². The number of nitrogens with one attached hydrogen (secondary N) is 1. The van der Waals surface area contributed by atoms with Crippen LogP contribution in [-0.4, -0.2) is 30.4 Å². The highest BCUT2D eigenvalue weighted by Gasteiger charge is 2.13. The summed E-state index contributed by atoms with van der Waals surface area (Å²) in [6.07, 6.45) is 0.520. The molecule has 1 aromatic heterocycles. The van der Waals surface area contributed by atoms with Crippen molar-refractivity contribution in [1.82, 2.24) is 10.2 Å². The van der Waals surface area contributed by atoms with E-state index in [4.69, 9.17) is 4.42 Å². The maximum absolute atomic E-state index is 11.9. The molecule has 0 radical (unpaired) electrons. The Morgan fingerprint density at radius 1 is 1.29 bits per heavy atom. The molecule has 0 aliphatic carbocycles. The molecule has 1 unspecified atom stereocenters. The van der Waals surface area contributed by atoms with E-state index in [0.717, 1.165) is 29.8 Å². The lowest BCUT2D eigenvalue weighted by molar-refractivity contribution is -0.130. The fourth-order valence-electron chi connectivity index (χ4n) is 2.45. The molecule has 4 heteroatoms. The predicted octanol–water partition coefficient (Wildman–Crippen LogP) is 3.34. The number of rotatable bonds is 7. The minimum atomic E-state index is 0.0990. The number of carbonyl (C=O) groups is 1. The fraction of sp³-hybridized carbons (Fsp3) is 0.471. The first-order valence-corrected chi connectivity index (χ1v) is 7.65.